The highest BCUT2D eigenvalue weighted by Crippen LogP contribution is 2.35. The third-order valence-corrected chi connectivity index (χ3v) is 7.36. The first kappa shape index (κ1) is 26.2. The molecule has 0 amide bonds. The van der Waals surface area contributed by atoms with Gasteiger partial charge in [-0.25, -0.2) is 9.79 Å². The van der Waals surface area contributed by atoms with Crippen LogP contribution in [0.3, 0.4) is 0 Å². The van der Waals surface area contributed by atoms with Crippen LogP contribution in [0.1, 0.15) is 44.9 Å². The van der Waals surface area contributed by atoms with Crippen LogP contribution >= 0.6 is 11.3 Å². The Balaban J connectivity index is 1.92. The zero-order chi connectivity index (χ0) is 26.7. The molecule has 2 aromatic carbocycles. The predicted octanol–water partition coefficient (Wildman–Crippen LogP) is 3.36. The lowest BCUT2D eigenvalue weighted by molar-refractivity contribution is -0.139. The third kappa shape index (κ3) is 4.91. The van der Waals surface area contributed by atoms with E-state index in [0.29, 0.717) is 31.9 Å². The summed E-state index contributed by atoms with van der Waals surface area (Å²) in [4.78, 5) is 34.0. The SMILES string of the molecule is CCOC(=O)C1=C(C)N=c2s/c(=C/c3ccc(N(CC)CC)cc3O)c(=O)n2[C@@H]1c1ccccc1OC. The van der Waals surface area contributed by atoms with Crippen LogP contribution in [0.4, 0.5) is 5.69 Å². The molecule has 1 N–H and O–H groups in total. The van der Waals surface area contributed by atoms with Crippen LogP contribution in [0.5, 0.6) is 11.5 Å². The Morgan fingerprint density at radius 3 is 2.57 bits per heavy atom. The van der Waals surface area contributed by atoms with Crippen molar-refractivity contribution in [2.45, 2.75) is 33.7 Å². The van der Waals surface area contributed by atoms with Crippen LogP contribution in [0, 0.1) is 0 Å². The zero-order valence-corrected chi connectivity index (χ0v) is 22.5. The smallest absolute Gasteiger partial charge is 0.338 e. The summed E-state index contributed by atoms with van der Waals surface area (Å²) in [5.74, 6) is 0.0988. The molecular weight excluding hydrogens is 490 g/mol. The van der Waals surface area contributed by atoms with Crippen LogP contribution in [0.2, 0.25) is 0 Å². The zero-order valence-electron chi connectivity index (χ0n) is 21.6. The van der Waals surface area contributed by atoms with Gasteiger partial charge < -0.3 is 19.5 Å². The number of allylic oxidation sites excluding steroid dienone is 1. The number of benzene rings is 2. The molecule has 8 nitrogen and oxygen atoms in total. The normalized spacial score (nSPS) is 15.3. The van der Waals surface area contributed by atoms with E-state index in [9.17, 15) is 14.7 Å². The van der Waals surface area contributed by atoms with E-state index >= 15 is 0 Å². The maximum atomic E-state index is 13.8. The number of ether oxygens (including phenoxy) is 2. The topological polar surface area (TPSA) is 93.4 Å². The minimum absolute atomic E-state index is 0.0832. The Morgan fingerprint density at radius 2 is 1.92 bits per heavy atom. The van der Waals surface area contributed by atoms with Gasteiger partial charge in [0.15, 0.2) is 4.80 Å². The van der Waals surface area contributed by atoms with Gasteiger partial charge in [-0.1, -0.05) is 29.5 Å². The van der Waals surface area contributed by atoms with Gasteiger partial charge in [0.2, 0.25) is 0 Å². The second kappa shape index (κ2) is 11.0. The average molecular weight is 522 g/mol. The number of aromatic nitrogens is 1. The number of para-hydroxylation sites is 1. The molecule has 4 rings (SSSR count). The molecule has 2 heterocycles. The van der Waals surface area contributed by atoms with Crippen molar-refractivity contribution in [1.82, 2.24) is 4.57 Å². The third-order valence-electron chi connectivity index (χ3n) is 6.38. The maximum Gasteiger partial charge on any atom is 0.338 e. The largest absolute Gasteiger partial charge is 0.507 e. The molecule has 0 spiro atoms. The van der Waals surface area contributed by atoms with Gasteiger partial charge in [-0.05, 0) is 52.0 Å². The monoisotopic (exact) mass is 521 g/mol. The summed E-state index contributed by atoms with van der Waals surface area (Å²) in [6, 6.07) is 11.9. The lowest BCUT2D eigenvalue weighted by Crippen LogP contribution is -2.40. The van der Waals surface area contributed by atoms with Crippen LogP contribution in [0.25, 0.3) is 6.08 Å². The van der Waals surface area contributed by atoms with Gasteiger partial charge in [-0.15, -0.1) is 0 Å². The summed E-state index contributed by atoms with van der Waals surface area (Å²) in [6.07, 6.45) is 1.66. The quantitative estimate of drug-likeness (QED) is 0.457. The van der Waals surface area contributed by atoms with E-state index < -0.39 is 12.0 Å². The molecule has 9 heteroatoms. The molecular formula is C28H31N3O5S. The minimum atomic E-state index is -0.771. The number of thiazole rings is 1. The molecule has 1 aliphatic rings. The van der Waals surface area contributed by atoms with Crippen molar-refractivity contribution < 1.29 is 19.4 Å². The number of phenolic OH excluding ortho intramolecular Hbond substituents is 1. The van der Waals surface area contributed by atoms with Gasteiger partial charge in [0.05, 0.1) is 29.5 Å². The number of phenols is 1. The van der Waals surface area contributed by atoms with Gasteiger partial charge in [-0.2, -0.15) is 0 Å². The second-order valence-electron chi connectivity index (χ2n) is 8.46. The van der Waals surface area contributed by atoms with Gasteiger partial charge in [0.1, 0.15) is 17.5 Å². The summed E-state index contributed by atoms with van der Waals surface area (Å²) in [5, 5.41) is 10.7. The maximum absolute atomic E-state index is 13.8. The van der Waals surface area contributed by atoms with Crippen LogP contribution in [-0.4, -0.2) is 42.4 Å². The van der Waals surface area contributed by atoms with E-state index in [-0.39, 0.29) is 23.5 Å². The fourth-order valence-corrected chi connectivity index (χ4v) is 5.60. The number of rotatable bonds is 8. The molecule has 1 atom stereocenters. The van der Waals surface area contributed by atoms with E-state index in [2.05, 4.69) is 23.7 Å². The summed E-state index contributed by atoms with van der Waals surface area (Å²) >= 11 is 1.21. The molecule has 1 aromatic heterocycles. The predicted molar refractivity (Wildman–Crippen MR) is 145 cm³/mol. The fourth-order valence-electron chi connectivity index (χ4n) is 4.56. The highest BCUT2D eigenvalue weighted by molar-refractivity contribution is 7.07. The molecule has 0 saturated carbocycles. The molecule has 0 fully saturated rings. The van der Waals surface area contributed by atoms with Crippen molar-refractivity contribution in [2.24, 2.45) is 4.99 Å². The van der Waals surface area contributed by atoms with Crippen LogP contribution in [-0.2, 0) is 9.53 Å². The molecule has 37 heavy (non-hydrogen) atoms. The number of hydrogen-bond acceptors (Lipinski definition) is 8. The van der Waals surface area contributed by atoms with Crippen molar-refractivity contribution in [1.29, 1.82) is 0 Å². The fraction of sp³-hybridized carbons (Fsp3) is 0.321. The standard InChI is InChI=1S/C28H31N3O5S/c1-6-30(7-2)19-14-13-18(21(32)16-19)15-23-26(33)31-25(20-11-9-10-12-22(20)35-5)24(27(34)36-8-3)17(4)29-28(31)37-23/h9-16,25,32H,6-8H2,1-5H3/b23-15+/t25-/m1/s1. The average Bonchev–Trinajstić information content (AvgIpc) is 3.19. The van der Waals surface area contributed by atoms with Crippen molar-refractivity contribution in [3.8, 4) is 11.5 Å². The minimum Gasteiger partial charge on any atom is -0.507 e. The molecule has 1 aliphatic heterocycles. The first-order valence-corrected chi connectivity index (χ1v) is 13.1. The number of aromatic hydroxyl groups is 1. The van der Waals surface area contributed by atoms with E-state index in [1.54, 1.807) is 45.2 Å². The summed E-state index contributed by atoms with van der Waals surface area (Å²) in [5.41, 5.74) is 2.54. The molecule has 0 saturated heterocycles. The number of carbonyl (C=O) groups is 1. The Labute approximate surface area is 219 Å². The van der Waals surface area contributed by atoms with Gasteiger partial charge >= 0.3 is 5.97 Å². The molecule has 0 bridgehead atoms. The van der Waals surface area contributed by atoms with Crippen molar-refractivity contribution in [3.05, 3.63) is 84.5 Å². The van der Waals surface area contributed by atoms with Crippen LogP contribution < -0.4 is 24.5 Å². The molecule has 0 aliphatic carbocycles. The number of hydrogen-bond donors (Lipinski definition) is 1. The van der Waals surface area contributed by atoms with Gasteiger partial charge in [0, 0.05) is 36.0 Å². The number of anilines is 1. The Bertz CT molecular complexity index is 1530. The Hall–Kier alpha value is -3.85. The van der Waals surface area contributed by atoms with Gasteiger partial charge in [-0.3, -0.25) is 9.36 Å². The molecule has 3 aromatic rings. The molecule has 0 radical (unpaired) electrons. The lowest BCUT2D eigenvalue weighted by atomic mass is 9.95. The first-order valence-electron chi connectivity index (χ1n) is 12.2. The van der Waals surface area contributed by atoms with Gasteiger partial charge in [0.25, 0.3) is 5.56 Å². The van der Waals surface area contributed by atoms with E-state index in [0.717, 1.165) is 18.8 Å². The summed E-state index contributed by atoms with van der Waals surface area (Å²) in [7, 11) is 1.55. The molecule has 0 unspecified atom stereocenters. The van der Waals surface area contributed by atoms with E-state index in [1.807, 2.05) is 24.3 Å². The first-order chi connectivity index (χ1) is 17.8. The Morgan fingerprint density at radius 1 is 1.19 bits per heavy atom. The molecule has 194 valence electrons. The highest BCUT2D eigenvalue weighted by Gasteiger charge is 2.34. The van der Waals surface area contributed by atoms with Crippen molar-refractivity contribution in [3.63, 3.8) is 0 Å². The summed E-state index contributed by atoms with van der Waals surface area (Å²) in [6.45, 7) is 9.42. The van der Waals surface area contributed by atoms with Crippen LogP contribution in [0.15, 0.2) is 63.5 Å². The number of carbonyl (C=O) groups excluding carboxylic acids is 1. The Kier molecular flexibility index (Phi) is 7.83. The van der Waals surface area contributed by atoms with Crippen molar-refractivity contribution >= 4 is 29.1 Å². The summed E-state index contributed by atoms with van der Waals surface area (Å²) < 4.78 is 12.8. The number of fused-ring (bicyclic) bond motifs is 1. The number of esters is 1. The number of nitrogens with zero attached hydrogens (tertiary/aromatic N) is 3. The second-order valence-corrected chi connectivity index (χ2v) is 9.47. The number of methoxy groups -OCH3 is 1. The highest BCUT2D eigenvalue weighted by atomic mass is 32.1. The lowest BCUT2D eigenvalue weighted by Gasteiger charge is -2.25. The van der Waals surface area contributed by atoms with E-state index in [1.165, 1.54) is 15.9 Å². The van der Waals surface area contributed by atoms with E-state index in [4.69, 9.17) is 9.47 Å². The van der Waals surface area contributed by atoms with Crippen molar-refractivity contribution in [2.75, 3.05) is 31.7 Å².